The van der Waals surface area contributed by atoms with Crippen LogP contribution in [0.5, 0.6) is 11.5 Å². The Bertz CT molecular complexity index is 1710. The molecule has 0 saturated heterocycles. The molecule has 0 fully saturated rings. The van der Waals surface area contributed by atoms with Crippen molar-refractivity contribution in [2.24, 2.45) is 10.2 Å². The van der Waals surface area contributed by atoms with E-state index < -0.39 is 26.7 Å². The van der Waals surface area contributed by atoms with E-state index in [1.807, 2.05) is 0 Å². The summed E-state index contributed by atoms with van der Waals surface area (Å²) >= 11 is 12.4. The maximum Gasteiger partial charge on any atom is 1.00 e. The predicted octanol–water partition coefficient (Wildman–Crippen LogP) is 3.71. The second kappa shape index (κ2) is 12.6. The smallest absolute Gasteiger partial charge is 0.870 e. The number of rotatable bonds is 7. The van der Waals surface area contributed by atoms with Gasteiger partial charge in [-0.2, -0.15) is 13.5 Å². The Labute approximate surface area is 256 Å². The van der Waals surface area contributed by atoms with E-state index in [1.165, 1.54) is 25.3 Å². The summed E-state index contributed by atoms with van der Waals surface area (Å²) in [6.07, 6.45) is 0.231. The summed E-state index contributed by atoms with van der Waals surface area (Å²) < 4.78 is 39.3. The van der Waals surface area contributed by atoms with Gasteiger partial charge in [-0.05, 0) is 47.7 Å². The number of halogens is 2. The minimum absolute atomic E-state index is 0. The van der Waals surface area contributed by atoms with E-state index in [2.05, 4.69) is 15.5 Å². The van der Waals surface area contributed by atoms with E-state index in [0.717, 1.165) is 0 Å². The van der Waals surface area contributed by atoms with Crippen molar-refractivity contribution in [2.75, 3.05) is 12.4 Å². The number of azo groups is 1. The molecule has 196 valence electrons. The number of carbonyl (C=O) groups is 1. The van der Waals surface area contributed by atoms with Gasteiger partial charge in [0.15, 0.2) is 0 Å². The number of nitrogens with zero attached hydrogens (tertiary/aromatic N) is 2. The van der Waals surface area contributed by atoms with E-state index in [4.69, 9.17) is 27.9 Å². The van der Waals surface area contributed by atoms with Gasteiger partial charge in [0.05, 0.1) is 17.8 Å². The molecule has 2 N–H and O–H groups in total. The standard InChI is InChI=1S/C26H21Cl2N3O6S.Na/c1-3-14-11-16(27)13-20(25(14)38(34,35)36)30-31-22-17-8-5-4-7-15(17)12-18(24(22)32)26(33)29-23-19(28)9-6-10-21(23)37-2;/h4-13,32H,3H2,1-2H3,(H,29,33)(H,34,35,36);/q;+1/p-1. The average Bonchev–Trinajstić information content (AvgIpc) is 2.87. The molecule has 0 radical (unpaired) electrons. The van der Waals surface area contributed by atoms with Gasteiger partial charge in [-0.15, -0.1) is 5.11 Å². The van der Waals surface area contributed by atoms with Crippen molar-refractivity contribution in [3.8, 4) is 11.5 Å². The second-order valence-electron chi connectivity index (χ2n) is 8.04. The molecule has 0 unspecified atom stereocenters. The Kier molecular flexibility index (Phi) is 10.0. The summed E-state index contributed by atoms with van der Waals surface area (Å²) in [5.41, 5.74) is -0.311. The van der Waals surface area contributed by atoms with Crippen LogP contribution in [0.15, 0.2) is 75.8 Å². The number of amides is 1. The summed E-state index contributed by atoms with van der Waals surface area (Å²) in [5.74, 6) is -1.23. The van der Waals surface area contributed by atoms with Crippen molar-refractivity contribution in [3.63, 3.8) is 0 Å². The van der Waals surface area contributed by atoms with Gasteiger partial charge in [0.2, 0.25) is 0 Å². The minimum atomic E-state index is -4.70. The van der Waals surface area contributed by atoms with E-state index in [0.29, 0.717) is 16.5 Å². The molecule has 0 heterocycles. The molecule has 1 amide bonds. The summed E-state index contributed by atoms with van der Waals surface area (Å²) in [7, 11) is -3.28. The largest absolute Gasteiger partial charge is 1.00 e. The van der Waals surface area contributed by atoms with E-state index in [9.17, 15) is 22.9 Å². The number of anilines is 1. The van der Waals surface area contributed by atoms with Crippen LogP contribution in [0.2, 0.25) is 10.0 Å². The summed E-state index contributed by atoms with van der Waals surface area (Å²) in [4.78, 5) is 12.7. The zero-order chi connectivity index (χ0) is 27.6. The molecule has 0 aliphatic heterocycles. The number of fused-ring (bicyclic) bond motifs is 1. The van der Waals surface area contributed by atoms with Gasteiger partial charge in [0.1, 0.15) is 22.0 Å². The van der Waals surface area contributed by atoms with Gasteiger partial charge in [-0.1, -0.05) is 66.2 Å². The van der Waals surface area contributed by atoms with Gasteiger partial charge in [-0.3, -0.25) is 9.35 Å². The Hall–Kier alpha value is -2.70. The van der Waals surface area contributed by atoms with Crippen LogP contribution in [0.1, 0.15) is 22.8 Å². The minimum Gasteiger partial charge on any atom is -0.870 e. The van der Waals surface area contributed by atoms with E-state index >= 15 is 0 Å². The number of methoxy groups -OCH3 is 1. The SMILES string of the molecule is CCc1cc(Cl)cc(N=Nc2c([O-])c(C(=O)Nc3c(Cl)cccc3OC)cc3ccccc23)c1S(=O)(=O)O.[Na+]. The maximum absolute atomic E-state index is 13.5. The number of hydrogen-bond donors (Lipinski definition) is 2. The fraction of sp³-hybridized carbons (Fsp3) is 0.115. The van der Waals surface area contributed by atoms with Gasteiger partial charge in [0, 0.05) is 16.0 Å². The number of nitrogens with one attached hydrogen (secondary N) is 1. The Morgan fingerprint density at radius 1 is 1.08 bits per heavy atom. The number of hydrogen-bond acceptors (Lipinski definition) is 7. The molecule has 39 heavy (non-hydrogen) atoms. The van der Waals surface area contributed by atoms with Crippen molar-refractivity contribution in [2.45, 2.75) is 18.2 Å². The third kappa shape index (κ3) is 6.55. The molecule has 0 aromatic heterocycles. The molecule has 4 aromatic carbocycles. The van der Waals surface area contributed by atoms with Crippen LogP contribution in [0.25, 0.3) is 10.8 Å². The average molecular weight is 596 g/mol. The summed E-state index contributed by atoms with van der Waals surface area (Å²) in [6, 6.07) is 15.5. The van der Waals surface area contributed by atoms with Crippen LogP contribution in [-0.4, -0.2) is 26.0 Å². The van der Waals surface area contributed by atoms with Crippen LogP contribution in [0.4, 0.5) is 17.1 Å². The molecule has 9 nitrogen and oxygen atoms in total. The van der Waals surface area contributed by atoms with Crippen molar-refractivity contribution in [1.82, 2.24) is 0 Å². The summed E-state index contributed by atoms with van der Waals surface area (Å²) in [5, 5.41) is 25.4. The first kappa shape index (κ1) is 30.8. The Morgan fingerprint density at radius 3 is 2.46 bits per heavy atom. The molecule has 0 spiro atoms. The van der Waals surface area contributed by atoms with Gasteiger partial charge < -0.3 is 15.2 Å². The molecule has 0 aliphatic rings. The van der Waals surface area contributed by atoms with Gasteiger partial charge >= 0.3 is 29.6 Å². The molecule has 0 aliphatic carbocycles. The van der Waals surface area contributed by atoms with Crippen LogP contribution in [0, 0.1) is 0 Å². The fourth-order valence-corrected chi connectivity index (χ4v) is 5.27. The van der Waals surface area contributed by atoms with Crippen LogP contribution in [0.3, 0.4) is 0 Å². The zero-order valence-corrected chi connectivity index (χ0v) is 25.4. The number of ether oxygens (including phenoxy) is 1. The van der Waals surface area contributed by atoms with E-state index in [-0.39, 0.29) is 74.2 Å². The molecule has 4 rings (SSSR count). The third-order valence-electron chi connectivity index (χ3n) is 5.66. The Balaban J connectivity index is 0.00000420. The first-order chi connectivity index (χ1) is 18.0. The fourth-order valence-electron chi connectivity index (χ4n) is 3.93. The monoisotopic (exact) mass is 595 g/mol. The molecule has 13 heteroatoms. The van der Waals surface area contributed by atoms with Crippen LogP contribution >= 0.6 is 23.2 Å². The van der Waals surface area contributed by atoms with Gasteiger partial charge in [0.25, 0.3) is 16.0 Å². The first-order valence-electron chi connectivity index (χ1n) is 11.1. The Morgan fingerprint density at radius 2 is 1.79 bits per heavy atom. The molecule has 4 aromatic rings. The van der Waals surface area contributed by atoms with Crippen molar-refractivity contribution in [3.05, 3.63) is 81.8 Å². The van der Waals surface area contributed by atoms with Crippen LogP contribution in [-0.2, 0) is 16.5 Å². The molecule has 0 bridgehead atoms. The molecule has 0 atom stereocenters. The predicted molar refractivity (Wildman–Crippen MR) is 144 cm³/mol. The second-order valence-corrected chi connectivity index (χ2v) is 10.2. The number of para-hydroxylation sites is 1. The first-order valence-corrected chi connectivity index (χ1v) is 13.3. The third-order valence-corrected chi connectivity index (χ3v) is 7.18. The summed E-state index contributed by atoms with van der Waals surface area (Å²) in [6.45, 7) is 1.68. The molecular weight excluding hydrogens is 576 g/mol. The van der Waals surface area contributed by atoms with Crippen molar-refractivity contribution >= 4 is 67.1 Å². The number of aryl methyl sites for hydroxylation is 1. The normalized spacial score (nSPS) is 11.4. The van der Waals surface area contributed by atoms with E-state index in [1.54, 1.807) is 49.4 Å². The van der Waals surface area contributed by atoms with Gasteiger partial charge in [-0.25, -0.2) is 0 Å². The zero-order valence-electron chi connectivity index (χ0n) is 21.0. The van der Waals surface area contributed by atoms with Crippen LogP contribution < -0.4 is 44.7 Å². The molecular formula is C26H20Cl2N3NaO6S. The maximum atomic E-state index is 13.5. The van der Waals surface area contributed by atoms with Crippen molar-refractivity contribution < 1.29 is 57.2 Å². The molecule has 0 saturated carbocycles. The van der Waals surface area contributed by atoms with Crippen molar-refractivity contribution in [1.29, 1.82) is 0 Å². The topological polar surface area (TPSA) is 140 Å². The number of carbonyl (C=O) groups excluding carboxylic acids is 1. The number of benzene rings is 4. The quantitative estimate of drug-likeness (QED) is 0.189.